The van der Waals surface area contributed by atoms with Crippen LogP contribution in [0.2, 0.25) is 0 Å². The summed E-state index contributed by atoms with van der Waals surface area (Å²) in [6.45, 7) is 0.748. The fourth-order valence-electron chi connectivity index (χ4n) is 1.47. The van der Waals surface area contributed by atoms with Crippen molar-refractivity contribution < 1.29 is 4.79 Å². The molecule has 3 nitrogen and oxygen atoms in total. The summed E-state index contributed by atoms with van der Waals surface area (Å²) in [6.07, 6.45) is 4.82. The predicted octanol–water partition coefficient (Wildman–Crippen LogP) is 1.38. The van der Waals surface area contributed by atoms with Crippen molar-refractivity contribution in [1.29, 1.82) is 0 Å². The summed E-state index contributed by atoms with van der Waals surface area (Å²) in [5.74, 6) is 0.297. The van der Waals surface area contributed by atoms with Crippen LogP contribution in [0.3, 0.4) is 0 Å². The van der Waals surface area contributed by atoms with Gasteiger partial charge in [0.15, 0.2) is 0 Å². The molecule has 0 aromatic carbocycles. The molecule has 0 saturated carbocycles. The molecule has 14 heavy (non-hydrogen) atoms. The molecule has 3 heteroatoms. The van der Waals surface area contributed by atoms with E-state index in [1.807, 2.05) is 24.3 Å². The maximum Gasteiger partial charge on any atom is 0.140 e. The highest BCUT2D eigenvalue weighted by Crippen LogP contribution is 2.10. The standard InChI is InChI=1S/C11H12N2O/c14-11-4-6-13-10(8-11)7-9-3-1-2-5-12-9/h1-3,5,7,13H,4,6,8H2. The first-order valence-corrected chi connectivity index (χ1v) is 4.72. The van der Waals surface area contributed by atoms with Gasteiger partial charge in [0.25, 0.3) is 0 Å². The van der Waals surface area contributed by atoms with E-state index in [1.54, 1.807) is 6.20 Å². The topological polar surface area (TPSA) is 42.0 Å². The second-order valence-electron chi connectivity index (χ2n) is 3.32. The molecule has 1 aliphatic heterocycles. The van der Waals surface area contributed by atoms with Gasteiger partial charge in [0.05, 0.1) is 5.69 Å². The molecule has 72 valence electrons. The second kappa shape index (κ2) is 4.05. The molecule has 2 rings (SSSR count). The lowest BCUT2D eigenvalue weighted by atomic mass is 10.1. The summed E-state index contributed by atoms with van der Waals surface area (Å²) in [7, 11) is 0. The van der Waals surface area contributed by atoms with Gasteiger partial charge in [0.2, 0.25) is 0 Å². The lowest BCUT2D eigenvalue weighted by molar-refractivity contribution is -0.119. The van der Waals surface area contributed by atoms with Gasteiger partial charge in [-0.05, 0) is 18.2 Å². The minimum Gasteiger partial charge on any atom is -0.387 e. The Balaban J connectivity index is 2.14. The molecule has 0 atom stereocenters. The van der Waals surface area contributed by atoms with Crippen molar-refractivity contribution in [1.82, 2.24) is 10.3 Å². The van der Waals surface area contributed by atoms with E-state index in [0.717, 1.165) is 17.9 Å². The Labute approximate surface area is 82.9 Å². The van der Waals surface area contributed by atoms with Crippen LogP contribution in [0.25, 0.3) is 6.08 Å². The predicted molar refractivity (Wildman–Crippen MR) is 54.5 cm³/mol. The smallest absolute Gasteiger partial charge is 0.140 e. The van der Waals surface area contributed by atoms with E-state index in [-0.39, 0.29) is 0 Å². The average molecular weight is 188 g/mol. The third-order valence-corrected chi connectivity index (χ3v) is 2.15. The maximum atomic E-state index is 11.2. The molecular formula is C11H12N2O. The summed E-state index contributed by atoms with van der Waals surface area (Å²) in [5.41, 5.74) is 1.87. The molecule has 0 radical (unpaired) electrons. The van der Waals surface area contributed by atoms with Crippen LogP contribution in [0.1, 0.15) is 18.5 Å². The van der Waals surface area contributed by atoms with Gasteiger partial charge >= 0.3 is 0 Å². The van der Waals surface area contributed by atoms with Gasteiger partial charge in [-0.15, -0.1) is 0 Å². The van der Waals surface area contributed by atoms with Crippen LogP contribution in [0, 0.1) is 0 Å². The average Bonchev–Trinajstić information content (AvgIpc) is 2.19. The van der Waals surface area contributed by atoms with Gasteiger partial charge in [-0.25, -0.2) is 0 Å². The monoisotopic (exact) mass is 188 g/mol. The van der Waals surface area contributed by atoms with Crippen molar-refractivity contribution >= 4 is 11.9 Å². The molecule has 0 bridgehead atoms. The molecule has 0 amide bonds. The Kier molecular flexibility index (Phi) is 2.58. The van der Waals surface area contributed by atoms with Crippen LogP contribution < -0.4 is 5.32 Å². The number of carbonyl (C=O) groups excluding carboxylic acids is 1. The normalized spacial score (nSPS) is 19.4. The lowest BCUT2D eigenvalue weighted by Gasteiger charge is -2.15. The summed E-state index contributed by atoms with van der Waals surface area (Å²) in [4.78, 5) is 15.3. The van der Waals surface area contributed by atoms with E-state index in [0.29, 0.717) is 18.6 Å². The molecule has 1 N–H and O–H groups in total. The zero-order valence-electron chi connectivity index (χ0n) is 7.86. The fourth-order valence-corrected chi connectivity index (χ4v) is 1.47. The highest BCUT2D eigenvalue weighted by molar-refractivity contribution is 5.83. The van der Waals surface area contributed by atoms with Crippen LogP contribution in [0.15, 0.2) is 30.1 Å². The minimum absolute atomic E-state index is 0.297. The van der Waals surface area contributed by atoms with Crippen molar-refractivity contribution in [3.05, 3.63) is 35.8 Å². The number of hydrogen-bond acceptors (Lipinski definition) is 3. The summed E-state index contributed by atoms with van der Waals surface area (Å²) < 4.78 is 0. The van der Waals surface area contributed by atoms with E-state index < -0.39 is 0 Å². The van der Waals surface area contributed by atoms with Crippen molar-refractivity contribution in [2.75, 3.05) is 6.54 Å². The number of piperidine rings is 1. The van der Waals surface area contributed by atoms with Crippen LogP contribution in [-0.4, -0.2) is 17.3 Å². The number of hydrogen-bond donors (Lipinski definition) is 1. The number of ketones is 1. The van der Waals surface area contributed by atoms with E-state index in [4.69, 9.17) is 0 Å². The van der Waals surface area contributed by atoms with Gasteiger partial charge in [0, 0.05) is 31.3 Å². The lowest BCUT2D eigenvalue weighted by Crippen LogP contribution is -2.25. The molecule has 1 aliphatic rings. The number of pyridine rings is 1. The van der Waals surface area contributed by atoms with Gasteiger partial charge < -0.3 is 5.32 Å². The van der Waals surface area contributed by atoms with Crippen LogP contribution in [-0.2, 0) is 4.79 Å². The zero-order chi connectivity index (χ0) is 9.80. The number of nitrogens with zero attached hydrogens (tertiary/aromatic N) is 1. The van der Waals surface area contributed by atoms with E-state index >= 15 is 0 Å². The van der Waals surface area contributed by atoms with Crippen molar-refractivity contribution in [2.45, 2.75) is 12.8 Å². The number of carbonyl (C=O) groups is 1. The zero-order valence-corrected chi connectivity index (χ0v) is 7.86. The van der Waals surface area contributed by atoms with Crippen LogP contribution in [0.5, 0.6) is 0 Å². The molecule has 0 unspecified atom stereocenters. The summed E-state index contributed by atoms with van der Waals surface area (Å²) >= 11 is 0. The van der Waals surface area contributed by atoms with E-state index in [1.165, 1.54) is 0 Å². The number of nitrogens with one attached hydrogen (secondary N) is 1. The van der Waals surface area contributed by atoms with Crippen LogP contribution in [0.4, 0.5) is 0 Å². The molecule has 0 aliphatic carbocycles. The highest BCUT2D eigenvalue weighted by atomic mass is 16.1. The number of allylic oxidation sites excluding steroid dienone is 1. The summed E-state index contributed by atoms with van der Waals surface area (Å²) in [6, 6.07) is 5.74. The molecule has 1 saturated heterocycles. The Bertz CT molecular complexity index is 357. The fraction of sp³-hybridized carbons (Fsp3) is 0.273. The minimum atomic E-state index is 0.297. The van der Waals surface area contributed by atoms with Crippen molar-refractivity contribution in [3.63, 3.8) is 0 Å². The first kappa shape index (κ1) is 8.94. The van der Waals surface area contributed by atoms with Crippen LogP contribution >= 0.6 is 0 Å². The van der Waals surface area contributed by atoms with E-state index in [2.05, 4.69) is 10.3 Å². The number of rotatable bonds is 1. The third kappa shape index (κ3) is 2.19. The van der Waals surface area contributed by atoms with Gasteiger partial charge in [0.1, 0.15) is 5.78 Å². The molecule has 2 heterocycles. The summed E-state index contributed by atoms with van der Waals surface area (Å²) in [5, 5.41) is 3.20. The third-order valence-electron chi connectivity index (χ3n) is 2.15. The SMILES string of the molecule is O=C1CCNC(=Cc2ccccn2)C1. The molecule has 0 spiro atoms. The van der Waals surface area contributed by atoms with Gasteiger partial charge in [-0.1, -0.05) is 6.07 Å². The van der Waals surface area contributed by atoms with Crippen molar-refractivity contribution in [3.8, 4) is 0 Å². The molecular weight excluding hydrogens is 176 g/mol. The quantitative estimate of drug-likeness (QED) is 0.723. The largest absolute Gasteiger partial charge is 0.387 e. The van der Waals surface area contributed by atoms with Gasteiger partial charge in [-0.3, -0.25) is 9.78 Å². The van der Waals surface area contributed by atoms with Crippen molar-refractivity contribution in [2.24, 2.45) is 0 Å². The molecule has 1 fully saturated rings. The van der Waals surface area contributed by atoms with Gasteiger partial charge in [-0.2, -0.15) is 0 Å². The number of aromatic nitrogens is 1. The second-order valence-corrected chi connectivity index (χ2v) is 3.32. The molecule has 1 aromatic rings. The highest BCUT2D eigenvalue weighted by Gasteiger charge is 2.11. The van der Waals surface area contributed by atoms with E-state index in [9.17, 15) is 4.79 Å². The maximum absolute atomic E-state index is 11.2. The Morgan fingerprint density at radius 2 is 2.36 bits per heavy atom. The Hall–Kier alpha value is -1.64. The number of Topliss-reactive ketones (excluding diaryl/α,β-unsaturated/α-hetero) is 1. The Morgan fingerprint density at radius 3 is 3.07 bits per heavy atom. The first-order valence-electron chi connectivity index (χ1n) is 4.72. The Morgan fingerprint density at radius 1 is 1.43 bits per heavy atom. The molecule has 1 aromatic heterocycles. The first-order chi connectivity index (χ1) is 6.84.